The molecule has 1 aromatic carbocycles. The van der Waals surface area contributed by atoms with Crippen LogP contribution in [-0.4, -0.2) is 29.9 Å². The Bertz CT molecular complexity index is 440. The van der Waals surface area contributed by atoms with Gasteiger partial charge in [-0.25, -0.2) is 4.79 Å². The van der Waals surface area contributed by atoms with Gasteiger partial charge in [-0.1, -0.05) is 28.8 Å². The largest absolute Gasteiger partial charge is 0.494 e. The number of halogens is 1. The molecule has 1 fully saturated rings. The van der Waals surface area contributed by atoms with Crippen molar-refractivity contribution in [1.82, 2.24) is 0 Å². The van der Waals surface area contributed by atoms with Crippen LogP contribution in [0.25, 0.3) is 0 Å². The summed E-state index contributed by atoms with van der Waals surface area (Å²) in [5, 5.41) is 8.94. The number of ether oxygens (including phenoxy) is 2. The topological polar surface area (TPSA) is 59.1 Å². The molecule has 0 spiro atoms. The Balaban J connectivity index is 1.50. The zero-order valence-corrected chi connectivity index (χ0v) is 12.9. The molecule has 2 rings (SSSR count). The minimum Gasteiger partial charge on any atom is -0.494 e. The molecule has 0 aromatic heterocycles. The first-order valence-corrected chi connectivity index (χ1v) is 7.67. The molecule has 1 saturated heterocycles. The minimum absolute atomic E-state index is 0.370. The van der Waals surface area contributed by atoms with E-state index in [-0.39, 0.29) is 0 Å². The Hall–Kier alpha value is -1.07. The van der Waals surface area contributed by atoms with Crippen LogP contribution in [0.5, 0.6) is 5.75 Å². The van der Waals surface area contributed by atoms with Crippen LogP contribution in [0.4, 0.5) is 0 Å². The molecule has 0 bridgehead atoms. The van der Waals surface area contributed by atoms with E-state index >= 15 is 0 Å². The Morgan fingerprint density at radius 2 is 1.90 bits per heavy atom. The van der Waals surface area contributed by atoms with Gasteiger partial charge in [-0.2, -0.15) is 0 Å². The number of carbonyl (C=O) groups is 1. The smallest absolute Gasteiger partial charge is 0.338 e. The Morgan fingerprint density at radius 1 is 1.25 bits per heavy atom. The van der Waals surface area contributed by atoms with Crippen LogP contribution in [0.3, 0.4) is 0 Å². The number of epoxide rings is 1. The van der Waals surface area contributed by atoms with Crippen molar-refractivity contribution < 1.29 is 19.4 Å². The van der Waals surface area contributed by atoms with E-state index < -0.39 is 11.6 Å². The second-order valence-electron chi connectivity index (χ2n) is 5.05. The van der Waals surface area contributed by atoms with Crippen molar-refractivity contribution in [2.24, 2.45) is 0 Å². The molecule has 20 heavy (non-hydrogen) atoms. The van der Waals surface area contributed by atoms with E-state index in [1.54, 1.807) is 0 Å². The number of aliphatic carboxylic acids is 1. The highest BCUT2D eigenvalue weighted by molar-refractivity contribution is 9.10. The number of benzene rings is 1. The van der Waals surface area contributed by atoms with Crippen LogP contribution < -0.4 is 4.74 Å². The van der Waals surface area contributed by atoms with Crippen LogP contribution in [0.1, 0.15) is 32.1 Å². The molecule has 110 valence electrons. The molecular formula is C15H19BrO4. The molecule has 5 heteroatoms. The highest BCUT2D eigenvalue weighted by atomic mass is 79.9. The zero-order chi connectivity index (χ0) is 14.4. The molecule has 1 aromatic rings. The Labute approximate surface area is 127 Å². The van der Waals surface area contributed by atoms with E-state index in [0.29, 0.717) is 19.6 Å². The van der Waals surface area contributed by atoms with Crippen LogP contribution in [-0.2, 0) is 9.53 Å². The van der Waals surface area contributed by atoms with Gasteiger partial charge in [0.15, 0.2) is 5.60 Å². The monoisotopic (exact) mass is 342 g/mol. The van der Waals surface area contributed by atoms with Crippen LogP contribution in [0.2, 0.25) is 0 Å². The summed E-state index contributed by atoms with van der Waals surface area (Å²) in [7, 11) is 0. The molecule has 1 heterocycles. The third-order valence-corrected chi connectivity index (χ3v) is 3.97. The fraction of sp³-hybridized carbons (Fsp3) is 0.533. The summed E-state index contributed by atoms with van der Waals surface area (Å²) in [5.41, 5.74) is -0.853. The van der Waals surface area contributed by atoms with Crippen molar-refractivity contribution in [1.29, 1.82) is 0 Å². The fourth-order valence-corrected chi connectivity index (χ4v) is 2.31. The average molecular weight is 343 g/mol. The van der Waals surface area contributed by atoms with Gasteiger partial charge >= 0.3 is 5.97 Å². The van der Waals surface area contributed by atoms with Crippen molar-refractivity contribution >= 4 is 21.9 Å². The summed E-state index contributed by atoms with van der Waals surface area (Å²) in [5.74, 6) is 0.0560. The summed E-state index contributed by atoms with van der Waals surface area (Å²) in [6.45, 7) is 1.07. The maximum absolute atomic E-state index is 10.9. The molecule has 0 radical (unpaired) electrons. The summed E-state index contributed by atoms with van der Waals surface area (Å²) in [6.07, 6.45) is 4.56. The van der Waals surface area contributed by atoms with Gasteiger partial charge in [0.2, 0.25) is 0 Å². The van der Waals surface area contributed by atoms with Crippen LogP contribution in [0.15, 0.2) is 28.7 Å². The van der Waals surface area contributed by atoms with E-state index in [4.69, 9.17) is 14.6 Å². The van der Waals surface area contributed by atoms with Gasteiger partial charge in [-0.3, -0.25) is 0 Å². The normalized spacial score (nSPS) is 20.6. The predicted octanol–water partition coefficient (Wildman–Crippen LogP) is 3.63. The lowest BCUT2D eigenvalue weighted by Gasteiger charge is -2.07. The lowest BCUT2D eigenvalue weighted by Crippen LogP contribution is -2.23. The minimum atomic E-state index is -0.853. The second-order valence-corrected chi connectivity index (χ2v) is 5.97. The predicted molar refractivity (Wildman–Crippen MR) is 79.0 cm³/mol. The third-order valence-electron chi connectivity index (χ3n) is 3.44. The second kappa shape index (κ2) is 7.09. The number of carboxylic acids is 1. The first kappa shape index (κ1) is 15.3. The summed E-state index contributed by atoms with van der Waals surface area (Å²) in [4.78, 5) is 10.9. The quantitative estimate of drug-likeness (QED) is 0.549. The molecule has 0 amide bonds. The molecule has 1 aliphatic heterocycles. The Kier molecular flexibility index (Phi) is 5.43. The average Bonchev–Trinajstić information content (AvgIpc) is 3.21. The maximum atomic E-state index is 10.9. The number of hydrogen-bond donors (Lipinski definition) is 1. The van der Waals surface area contributed by atoms with Gasteiger partial charge in [-0.05, 0) is 43.5 Å². The van der Waals surface area contributed by atoms with Crippen LogP contribution in [0, 0.1) is 0 Å². The van der Waals surface area contributed by atoms with Crippen LogP contribution >= 0.6 is 15.9 Å². The van der Waals surface area contributed by atoms with Crippen molar-refractivity contribution in [2.45, 2.75) is 37.7 Å². The number of hydrogen-bond acceptors (Lipinski definition) is 3. The molecule has 1 unspecified atom stereocenters. The molecule has 1 aliphatic rings. The summed E-state index contributed by atoms with van der Waals surface area (Å²) in [6, 6.07) is 7.78. The highest BCUT2D eigenvalue weighted by Gasteiger charge is 2.51. The lowest BCUT2D eigenvalue weighted by atomic mass is 10.0. The van der Waals surface area contributed by atoms with Gasteiger partial charge in [0.05, 0.1) is 13.2 Å². The molecule has 0 saturated carbocycles. The van der Waals surface area contributed by atoms with E-state index in [9.17, 15) is 4.79 Å². The van der Waals surface area contributed by atoms with E-state index in [0.717, 1.165) is 35.9 Å². The van der Waals surface area contributed by atoms with Crippen molar-refractivity contribution in [2.75, 3.05) is 13.2 Å². The number of unbranched alkanes of at least 4 members (excludes halogenated alkanes) is 3. The van der Waals surface area contributed by atoms with Crippen molar-refractivity contribution in [3.8, 4) is 5.75 Å². The molecule has 1 N–H and O–H groups in total. The molecule has 0 aliphatic carbocycles. The Morgan fingerprint density at radius 3 is 2.50 bits per heavy atom. The molecule has 4 nitrogen and oxygen atoms in total. The van der Waals surface area contributed by atoms with Crippen molar-refractivity contribution in [3.05, 3.63) is 28.7 Å². The van der Waals surface area contributed by atoms with Gasteiger partial charge in [0.1, 0.15) is 5.75 Å². The molecular weight excluding hydrogens is 324 g/mol. The van der Waals surface area contributed by atoms with Gasteiger partial charge in [0.25, 0.3) is 0 Å². The number of rotatable bonds is 9. The number of carboxylic acid groups (broad SMARTS) is 1. The maximum Gasteiger partial charge on any atom is 0.338 e. The molecule has 1 atom stereocenters. The fourth-order valence-electron chi connectivity index (χ4n) is 2.05. The zero-order valence-electron chi connectivity index (χ0n) is 11.3. The van der Waals surface area contributed by atoms with Crippen molar-refractivity contribution in [3.63, 3.8) is 0 Å². The van der Waals surface area contributed by atoms with Gasteiger partial charge < -0.3 is 14.6 Å². The van der Waals surface area contributed by atoms with E-state index in [1.807, 2.05) is 24.3 Å². The van der Waals surface area contributed by atoms with E-state index in [1.165, 1.54) is 0 Å². The SMILES string of the molecule is O=C(O)C1(CCCCCCOc2ccc(Br)cc2)CO1. The third kappa shape index (κ3) is 4.49. The van der Waals surface area contributed by atoms with E-state index in [2.05, 4.69) is 15.9 Å². The summed E-state index contributed by atoms with van der Waals surface area (Å²) >= 11 is 3.38. The summed E-state index contributed by atoms with van der Waals surface area (Å²) < 4.78 is 11.7. The first-order chi connectivity index (χ1) is 9.62. The highest BCUT2D eigenvalue weighted by Crippen LogP contribution is 2.33. The lowest BCUT2D eigenvalue weighted by molar-refractivity contribution is -0.143. The van der Waals surface area contributed by atoms with Gasteiger partial charge in [0, 0.05) is 4.47 Å². The van der Waals surface area contributed by atoms with Gasteiger partial charge in [-0.15, -0.1) is 0 Å². The standard InChI is InChI=1S/C15H19BrO4/c16-12-5-7-13(8-6-12)19-10-4-2-1-3-9-15(11-20-15)14(17)18/h5-8H,1-4,9-11H2,(H,17,18). The first-order valence-electron chi connectivity index (χ1n) is 6.88.